The maximum atomic E-state index is 2.70. The van der Waals surface area contributed by atoms with Crippen LogP contribution in [-0.2, 0) is 25.8 Å². The molecule has 1 aliphatic carbocycles. The van der Waals surface area contributed by atoms with Gasteiger partial charge in [0.15, 0.2) is 0 Å². The molecule has 1 fully saturated rings. The molecule has 126 valence electrons. The van der Waals surface area contributed by atoms with Crippen molar-refractivity contribution < 1.29 is 0 Å². The van der Waals surface area contributed by atoms with Gasteiger partial charge in [-0.1, -0.05) is 36.4 Å². The number of para-hydroxylation sites is 2. The van der Waals surface area contributed by atoms with Crippen LogP contribution in [-0.4, -0.2) is 22.6 Å². The maximum absolute atomic E-state index is 2.70. The van der Waals surface area contributed by atoms with Crippen molar-refractivity contribution in [2.24, 2.45) is 5.92 Å². The van der Waals surface area contributed by atoms with E-state index < -0.39 is 0 Å². The van der Waals surface area contributed by atoms with Crippen LogP contribution in [0.15, 0.2) is 42.5 Å². The molecule has 2 aromatic carbocycles. The molecule has 3 aromatic rings. The van der Waals surface area contributed by atoms with Crippen LogP contribution in [0.5, 0.6) is 0 Å². The molecule has 0 saturated heterocycles. The Morgan fingerprint density at radius 3 is 2.64 bits per heavy atom. The second-order valence-electron chi connectivity index (χ2n) is 8.13. The highest BCUT2D eigenvalue weighted by Crippen LogP contribution is 2.39. The van der Waals surface area contributed by atoms with Crippen LogP contribution in [0, 0.1) is 5.92 Å². The van der Waals surface area contributed by atoms with E-state index in [0.717, 1.165) is 25.3 Å². The standard InChI is InChI=1S/C23H24N2/c1-2-7-21-17(4-1)10-11-18-5-3-6-19-20-15-24(14-16-8-9-16)13-12-22(20)25(21)23(18)19/h1-7,16H,8-15H2. The molecule has 3 heterocycles. The van der Waals surface area contributed by atoms with Crippen LogP contribution >= 0.6 is 0 Å². The molecule has 3 aliphatic rings. The fraction of sp³-hybridized carbons (Fsp3) is 0.391. The number of fused-ring (bicyclic) bond motifs is 5. The van der Waals surface area contributed by atoms with Crippen molar-refractivity contribution in [3.63, 3.8) is 0 Å². The van der Waals surface area contributed by atoms with Crippen LogP contribution in [0.25, 0.3) is 16.6 Å². The highest BCUT2D eigenvalue weighted by Gasteiger charge is 2.30. The van der Waals surface area contributed by atoms with Crippen LogP contribution in [0.4, 0.5) is 0 Å². The van der Waals surface area contributed by atoms with Crippen molar-refractivity contribution in [2.75, 3.05) is 13.1 Å². The summed E-state index contributed by atoms with van der Waals surface area (Å²) in [6, 6.07) is 16.0. The average Bonchev–Trinajstić information content (AvgIpc) is 3.42. The zero-order chi connectivity index (χ0) is 16.4. The summed E-state index contributed by atoms with van der Waals surface area (Å²) >= 11 is 0. The Kier molecular flexibility index (Phi) is 2.95. The Hall–Kier alpha value is -2.06. The van der Waals surface area contributed by atoms with Gasteiger partial charge in [0.05, 0.1) is 5.52 Å². The second kappa shape index (κ2) is 5.22. The lowest BCUT2D eigenvalue weighted by Crippen LogP contribution is -2.32. The van der Waals surface area contributed by atoms with E-state index in [2.05, 4.69) is 51.9 Å². The maximum Gasteiger partial charge on any atom is 0.0567 e. The largest absolute Gasteiger partial charge is 0.313 e. The zero-order valence-electron chi connectivity index (χ0n) is 14.7. The van der Waals surface area contributed by atoms with Gasteiger partial charge in [-0.05, 0) is 54.4 Å². The second-order valence-corrected chi connectivity index (χ2v) is 8.13. The van der Waals surface area contributed by atoms with Crippen molar-refractivity contribution in [3.8, 4) is 5.69 Å². The zero-order valence-corrected chi connectivity index (χ0v) is 14.7. The van der Waals surface area contributed by atoms with Crippen molar-refractivity contribution >= 4 is 10.9 Å². The minimum atomic E-state index is 0.977. The Labute approximate surface area is 149 Å². The van der Waals surface area contributed by atoms with Gasteiger partial charge in [0, 0.05) is 42.8 Å². The van der Waals surface area contributed by atoms with E-state index in [9.17, 15) is 0 Å². The third-order valence-electron chi connectivity index (χ3n) is 6.44. The summed E-state index contributed by atoms with van der Waals surface area (Å²) in [5, 5.41) is 1.50. The van der Waals surface area contributed by atoms with Gasteiger partial charge in [0.2, 0.25) is 0 Å². The molecule has 1 saturated carbocycles. The molecule has 0 unspecified atom stereocenters. The fourth-order valence-electron chi connectivity index (χ4n) is 5.03. The number of rotatable bonds is 2. The van der Waals surface area contributed by atoms with E-state index in [1.165, 1.54) is 60.1 Å². The normalized spacial score (nSPS) is 19.5. The summed E-state index contributed by atoms with van der Waals surface area (Å²) in [7, 11) is 0. The van der Waals surface area contributed by atoms with Crippen molar-refractivity contribution in [3.05, 3.63) is 64.8 Å². The van der Waals surface area contributed by atoms with Gasteiger partial charge in [-0.2, -0.15) is 0 Å². The summed E-state index contributed by atoms with van der Waals surface area (Å²) in [6.45, 7) is 3.67. The van der Waals surface area contributed by atoms with E-state index in [1.54, 1.807) is 11.3 Å². The van der Waals surface area contributed by atoms with Crippen molar-refractivity contribution in [1.29, 1.82) is 0 Å². The molecule has 0 atom stereocenters. The number of hydrogen-bond acceptors (Lipinski definition) is 1. The average molecular weight is 328 g/mol. The van der Waals surface area contributed by atoms with Crippen LogP contribution in [0.1, 0.15) is 35.2 Å². The fourth-order valence-corrected chi connectivity index (χ4v) is 5.03. The Morgan fingerprint density at radius 2 is 1.72 bits per heavy atom. The molecule has 2 heteroatoms. The van der Waals surface area contributed by atoms with E-state index in [-0.39, 0.29) is 0 Å². The molecule has 0 N–H and O–H groups in total. The van der Waals surface area contributed by atoms with Gasteiger partial charge >= 0.3 is 0 Å². The van der Waals surface area contributed by atoms with Crippen LogP contribution < -0.4 is 0 Å². The first kappa shape index (κ1) is 14.1. The van der Waals surface area contributed by atoms with Gasteiger partial charge < -0.3 is 4.57 Å². The van der Waals surface area contributed by atoms with Gasteiger partial charge in [0.1, 0.15) is 0 Å². The van der Waals surface area contributed by atoms with E-state index in [4.69, 9.17) is 0 Å². The molecule has 6 rings (SSSR count). The predicted octanol–water partition coefficient (Wildman–Crippen LogP) is 4.50. The number of aromatic nitrogens is 1. The van der Waals surface area contributed by atoms with Crippen molar-refractivity contribution in [2.45, 2.75) is 38.6 Å². The highest BCUT2D eigenvalue weighted by atomic mass is 15.1. The molecular formula is C23H24N2. The van der Waals surface area contributed by atoms with Gasteiger partial charge in [-0.15, -0.1) is 0 Å². The Morgan fingerprint density at radius 1 is 0.880 bits per heavy atom. The van der Waals surface area contributed by atoms with E-state index >= 15 is 0 Å². The lowest BCUT2D eigenvalue weighted by atomic mass is 9.99. The van der Waals surface area contributed by atoms with Gasteiger partial charge in [-0.25, -0.2) is 0 Å². The minimum Gasteiger partial charge on any atom is -0.313 e. The van der Waals surface area contributed by atoms with E-state index in [0.29, 0.717) is 0 Å². The highest BCUT2D eigenvalue weighted by molar-refractivity contribution is 5.91. The lowest BCUT2D eigenvalue weighted by Gasteiger charge is -2.28. The summed E-state index contributed by atoms with van der Waals surface area (Å²) in [6.07, 6.45) is 6.39. The third-order valence-corrected chi connectivity index (χ3v) is 6.44. The third kappa shape index (κ3) is 2.13. The molecule has 2 aliphatic heterocycles. The van der Waals surface area contributed by atoms with Gasteiger partial charge in [-0.3, -0.25) is 4.90 Å². The first-order valence-electron chi connectivity index (χ1n) is 9.83. The Balaban J connectivity index is 1.58. The van der Waals surface area contributed by atoms with Crippen molar-refractivity contribution in [1.82, 2.24) is 9.47 Å². The monoisotopic (exact) mass is 328 g/mol. The topological polar surface area (TPSA) is 8.17 Å². The predicted molar refractivity (Wildman–Crippen MR) is 102 cm³/mol. The number of nitrogens with zero attached hydrogens (tertiary/aromatic N) is 2. The van der Waals surface area contributed by atoms with Crippen LogP contribution in [0.3, 0.4) is 0 Å². The summed E-state index contributed by atoms with van der Waals surface area (Å²) in [4.78, 5) is 2.70. The molecule has 25 heavy (non-hydrogen) atoms. The number of benzene rings is 2. The summed E-state index contributed by atoms with van der Waals surface area (Å²) in [5.74, 6) is 0.977. The smallest absolute Gasteiger partial charge is 0.0567 e. The molecular weight excluding hydrogens is 304 g/mol. The summed E-state index contributed by atoms with van der Waals surface area (Å²) < 4.78 is 2.62. The molecule has 0 radical (unpaired) electrons. The van der Waals surface area contributed by atoms with E-state index in [1.807, 2.05) is 0 Å². The quantitative estimate of drug-likeness (QED) is 0.672. The minimum absolute atomic E-state index is 0.977. The summed E-state index contributed by atoms with van der Waals surface area (Å²) in [5.41, 5.74) is 9.11. The number of hydrogen-bond donors (Lipinski definition) is 0. The molecule has 0 spiro atoms. The molecule has 1 aromatic heterocycles. The molecule has 0 amide bonds. The van der Waals surface area contributed by atoms with Crippen LogP contribution in [0.2, 0.25) is 0 Å². The van der Waals surface area contributed by atoms with Gasteiger partial charge in [0.25, 0.3) is 0 Å². The first-order valence-corrected chi connectivity index (χ1v) is 9.83. The Bertz CT molecular complexity index is 977. The first-order chi connectivity index (χ1) is 12.4. The number of aryl methyl sites for hydroxylation is 2. The molecule has 2 nitrogen and oxygen atoms in total. The SMILES string of the molecule is c1ccc2c(c1)CCc1cccc3c4c(n-2c13)CCN(CC1CC1)C4. The lowest BCUT2D eigenvalue weighted by molar-refractivity contribution is 0.243. The molecule has 0 bridgehead atoms.